The zero-order valence-electron chi connectivity index (χ0n) is 14.5. The number of hydrogen-bond donors (Lipinski definition) is 0. The van der Waals surface area contributed by atoms with Crippen LogP contribution < -0.4 is 9.80 Å². The van der Waals surface area contributed by atoms with Gasteiger partial charge in [0.1, 0.15) is 0 Å². The zero-order valence-corrected chi connectivity index (χ0v) is 14.5. The third-order valence-corrected chi connectivity index (χ3v) is 5.02. The van der Waals surface area contributed by atoms with Crippen LogP contribution in [0.3, 0.4) is 0 Å². The Kier molecular flexibility index (Phi) is 4.51. The molecule has 1 unspecified atom stereocenters. The average molecular weight is 351 g/mol. The van der Waals surface area contributed by atoms with Crippen LogP contribution in [0.15, 0.2) is 48.7 Å². The summed E-state index contributed by atoms with van der Waals surface area (Å²) in [4.78, 5) is 30.9. The summed E-state index contributed by atoms with van der Waals surface area (Å²) in [6, 6.07) is 13.3. The summed E-state index contributed by atoms with van der Waals surface area (Å²) in [7, 11) is 0. The van der Waals surface area contributed by atoms with Gasteiger partial charge in [-0.15, -0.1) is 5.10 Å². The van der Waals surface area contributed by atoms with Gasteiger partial charge in [-0.1, -0.05) is 18.2 Å². The van der Waals surface area contributed by atoms with Crippen molar-refractivity contribution < 1.29 is 9.59 Å². The summed E-state index contributed by atoms with van der Waals surface area (Å²) in [5.74, 6) is 0.681. The van der Waals surface area contributed by atoms with Crippen LogP contribution in [0.5, 0.6) is 0 Å². The molecule has 0 bridgehead atoms. The molecule has 2 fully saturated rings. The van der Waals surface area contributed by atoms with Crippen molar-refractivity contribution in [3.05, 3.63) is 48.7 Å². The summed E-state index contributed by atoms with van der Waals surface area (Å²) >= 11 is 0. The smallest absolute Gasteiger partial charge is 0.228 e. The van der Waals surface area contributed by atoms with E-state index in [4.69, 9.17) is 0 Å². The number of carbonyl (C=O) groups excluding carboxylic acids is 2. The zero-order chi connectivity index (χ0) is 17.9. The van der Waals surface area contributed by atoms with Crippen LogP contribution >= 0.6 is 0 Å². The number of benzene rings is 1. The standard InChI is InChI=1S/C19H21N5O2/c25-18-13-15(14-24(18)16-5-2-1-3-6-16)19(26)23-11-9-22(10-12-23)17-7-4-8-20-21-17/h1-8,15H,9-14H2. The molecule has 7 heteroatoms. The molecule has 2 amide bonds. The molecule has 1 atom stereocenters. The molecule has 2 saturated heterocycles. The van der Waals surface area contributed by atoms with Gasteiger partial charge in [0.15, 0.2) is 5.82 Å². The van der Waals surface area contributed by atoms with Gasteiger partial charge >= 0.3 is 0 Å². The summed E-state index contributed by atoms with van der Waals surface area (Å²) in [5, 5.41) is 8.03. The van der Waals surface area contributed by atoms with Crippen LogP contribution in [-0.2, 0) is 9.59 Å². The molecule has 4 rings (SSSR count). The number of hydrogen-bond acceptors (Lipinski definition) is 5. The van der Waals surface area contributed by atoms with Crippen LogP contribution in [0.25, 0.3) is 0 Å². The van der Waals surface area contributed by atoms with Crippen molar-refractivity contribution in [1.82, 2.24) is 15.1 Å². The third-order valence-electron chi connectivity index (χ3n) is 5.02. The minimum absolute atomic E-state index is 0.0211. The normalized spacial score (nSPS) is 20.5. The largest absolute Gasteiger partial charge is 0.352 e. The fourth-order valence-corrected chi connectivity index (χ4v) is 3.61. The van der Waals surface area contributed by atoms with Crippen molar-refractivity contribution in [1.29, 1.82) is 0 Å². The molecule has 0 saturated carbocycles. The summed E-state index contributed by atoms with van der Waals surface area (Å²) in [6.07, 6.45) is 1.94. The molecule has 134 valence electrons. The molecule has 0 N–H and O–H groups in total. The first-order valence-corrected chi connectivity index (χ1v) is 8.89. The van der Waals surface area contributed by atoms with Crippen LogP contribution in [0.2, 0.25) is 0 Å². The second-order valence-electron chi connectivity index (χ2n) is 6.64. The Morgan fingerprint density at radius 2 is 1.77 bits per heavy atom. The van der Waals surface area contributed by atoms with E-state index in [-0.39, 0.29) is 24.2 Å². The van der Waals surface area contributed by atoms with Gasteiger partial charge in [0, 0.05) is 51.0 Å². The van der Waals surface area contributed by atoms with Crippen molar-refractivity contribution in [2.45, 2.75) is 6.42 Å². The Morgan fingerprint density at radius 3 is 2.46 bits per heavy atom. The molecule has 1 aromatic heterocycles. The molecule has 2 aromatic rings. The van der Waals surface area contributed by atoms with Gasteiger partial charge in [-0.05, 0) is 24.3 Å². The molecule has 0 radical (unpaired) electrons. The monoisotopic (exact) mass is 351 g/mol. The van der Waals surface area contributed by atoms with Crippen LogP contribution in [-0.4, -0.2) is 59.6 Å². The highest BCUT2D eigenvalue weighted by Crippen LogP contribution is 2.26. The minimum atomic E-state index is -0.259. The van der Waals surface area contributed by atoms with E-state index in [2.05, 4.69) is 15.1 Å². The molecule has 2 aliphatic heterocycles. The Hall–Kier alpha value is -2.96. The number of rotatable bonds is 3. The highest BCUT2D eigenvalue weighted by molar-refractivity contribution is 6.00. The molecule has 7 nitrogen and oxygen atoms in total. The van der Waals surface area contributed by atoms with E-state index in [0.29, 0.717) is 19.6 Å². The molecule has 0 aliphatic carbocycles. The van der Waals surface area contributed by atoms with Gasteiger partial charge in [0.25, 0.3) is 0 Å². The lowest BCUT2D eigenvalue weighted by Gasteiger charge is -2.36. The number of anilines is 2. The highest BCUT2D eigenvalue weighted by atomic mass is 16.2. The van der Waals surface area contributed by atoms with E-state index in [9.17, 15) is 9.59 Å². The van der Waals surface area contributed by atoms with E-state index in [1.807, 2.05) is 47.4 Å². The van der Waals surface area contributed by atoms with Crippen molar-refractivity contribution >= 4 is 23.3 Å². The molecule has 2 aliphatic rings. The maximum Gasteiger partial charge on any atom is 0.228 e. The Bertz CT molecular complexity index is 775. The van der Waals surface area contributed by atoms with Gasteiger partial charge in [-0.2, -0.15) is 5.10 Å². The first kappa shape index (κ1) is 16.5. The Labute approximate surface area is 152 Å². The minimum Gasteiger partial charge on any atom is -0.352 e. The van der Waals surface area contributed by atoms with Crippen LogP contribution in [0.1, 0.15) is 6.42 Å². The molecule has 26 heavy (non-hydrogen) atoms. The predicted molar refractivity (Wildman–Crippen MR) is 97.7 cm³/mol. The van der Waals surface area contributed by atoms with Gasteiger partial charge in [0.2, 0.25) is 11.8 Å². The van der Waals surface area contributed by atoms with Crippen LogP contribution in [0, 0.1) is 5.92 Å². The maximum absolute atomic E-state index is 12.9. The third kappa shape index (κ3) is 3.24. The van der Waals surface area contributed by atoms with Gasteiger partial charge in [0.05, 0.1) is 5.92 Å². The fourth-order valence-electron chi connectivity index (χ4n) is 3.61. The molecule has 0 spiro atoms. The summed E-state index contributed by atoms with van der Waals surface area (Å²) in [6.45, 7) is 3.21. The van der Waals surface area contributed by atoms with E-state index in [1.54, 1.807) is 11.1 Å². The molecule has 1 aromatic carbocycles. The number of carbonyl (C=O) groups is 2. The average Bonchev–Trinajstić information content (AvgIpc) is 3.10. The van der Waals surface area contributed by atoms with Gasteiger partial charge < -0.3 is 14.7 Å². The van der Waals surface area contributed by atoms with Crippen molar-refractivity contribution in [3.63, 3.8) is 0 Å². The fraction of sp³-hybridized carbons (Fsp3) is 0.368. The van der Waals surface area contributed by atoms with E-state index >= 15 is 0 Å². The summed E-state index contributed by atoms with van der Waals surface area (Å²) < 4.78 is 0. The van der Waals surface area contributed by atoms with E-state index in [0.717, 1.165) is 24.6 Å². The highest BCUT2D eigenvalue weighted by Gasteiger charge is 2.37. The van der Waals surface area contributed by atoms with Crippen LogP contribution in [0.4, 0.5) is 11.5 Å². The number of piperazine rings is 1. The van der Waals surface area contributed by atoms with E-state index < -0.39 is 0 Å². The SMILES string of the molecule is O=C(C1CC(=O)N(c2ccccc2)C1)N1CCN(c2cccnn2)CC1. The lowest BCUT2D eigenvalue weighted by molar-refractivity contribution is -0.136. The van der Waals surface area contributed by atoms with E-state index in [1.165, 1.54) is 0 Å². The molecular formula is C19H21N5O2. The van der Waals surface area contributed by atoms with Crippen molar-refractivity contribution in [2.75, 3.05) is 42.5 Å². The van der Waals surface area contributed by atoms with Gasteiger partial charge in [-0.25, -0.2) is 0 Å². The topological polar surface area (TPSA) is 69.6 Å². The maximum atomic E-state index is 12.9. The molecule has 3 heterocycles. The predicted octanol–water partition coefficient (Wildman–Crippen LogP) is 1.18. The number of amides is 2. The first-order chi connectivity index (χ1) is 12.7. The second kappa shape index (κ2) is 7.11. The molecular weight excluding hydrogens is 330 g/mol. The number of nitrogens with zero attached hydrogens (tertiary/aromatic N) is 5. The van der Waals surface area contributed by atoms with Gasteiger partial charge in [-0.3, -0.25) is 9.59 Å². The number of para-hydroxylation sites is 1. The van der Waals surface area contributed by atoms with Crippen molar-refractivity contribution in [2.24, 2.45) is 5.92 Å². The lowest BCUT2D eigenvalue weighted by Crippen LogP contribution is -2.51. The number of aromatic nitrogens is 2. The Morgan fingerprint density at radius 1 is 1.00 bits per heavy atom. The van der Waals surface area contributed by atoms with Crippen molar-refractivity contribution in [3.8, 4) is 0 Å². The first-order valence-electron chi connectivity index (χ1n) is 8.89. The lowest BCUT2D eigenvalue weighted by atomic mass is 10.1. The summed E-state index contributed by atoms with van der Waals surface area (Å²) in [5.41, 5.74) is 0.861. The quantitative estimate of drug-likeness (QED) is 0.830. The second-order valence-corrected chi connectivity index (χ2v) is 6.64. The Balaban J connectivity index is 1.36.